The zero-order chi connectivity index (χ0) is 22.5. The largest absolute Gasteiger partial charge is 0.496 e. The molecule has 6 heteroatoms. The molecule has 0 aliphatic carbocycles. The highest BCUT2D eigenvalue weighted by atomic mass is 16.5. The van der Waals surface area contributed by atoms with Crippen molar-refractivity contribution in [3.63, 3.8) is 0 Å². The van der Waals surface area contributed by atoms with E-state index in [0.717, 1.165) is 68.9 Å². The van der Waals surface area contributed by atoms with E-state index in [2.05, 4.69) is 22.9 Å². The molecule has 0 bridgehead atoms. The first kappa shape index (κ1) is 22.6. The fourth-order valence-electron chi connectivity index (χ4n) is 4.81. The van der Waals surface area contributed by atoms with Crippen molar-refractivity contribution in [3.05, 3.63) is 59.2 Å². The molecule has 172 valence electrons. The molecule has 1 atom stereocenters. The number of nitrogens with zero attached hydrogens (tertiary/aromatic N) is 3. The second kappa shape index (κ2) is 10.4. The summed E-state index contributed by atoms with van der Waals surface area (Å²) in [5, 5.41) is 10.8. The Morgan fingerprint density at radius 3 is 2.59 bits per heavy atom. The highest BCUT2D eigenvalue weighted by Gasteiger charge is 2.25. The summed E-state index contributed by atoms with van der Waals surface area (Å²) in [5.74, 6) is 0.963. The second-order valence-electron chi connectivity index (χ2n) is 8.94. The molecule has 0 spiro atoms. The predicted molar refractivity (Wildman–Crippen MR) is 127 cm³/mol. The van der Waals surface area contributed by atoms with Crippen LogP contribution >= 0.6 is 0 Å². The molecule has 2 aliphatic rings. The lowest BCUT2D eigenvalue weighted by molar-refractivity contribution is 0.0627. The molecule has 4 rings (SSSR count). The molecule has 0 radical (unpaired) electrons. The van der Waals surface area contributed by atoms with Gasteiger partial charge in [-0.1, -0.05) is 31.0 Å². The maximum atomic E-state index is 13.3. The quantitative estimate of drug-likeness (QED) is 0.791. The van der Waals surface area contributed by atoms with E-state index in [0.29, 0.717) is 18.7 Å². The van der Waals surface area contributed by atoms with Crippen molar-refractivity contribution in [3.8, 4) is 5.75 Å². The number of fused-ring (bicyclic) bond motifs is 1. The van der Waals surface area contributed by atoms with Crippen LogP contribution < -0.4 is 9.64 Å². The van der Waals surface area contributed by atoms with E-state index in [9.17, 15) is 9.90 Å². The van der Waals surface area contributed by atoms with Crippen LogP contribution in [0.2, 0.25) is 0 Å². The van der Waals surface area contributed by atoms with Gasteiger partial charge >= 0.3 is 0 Å². The minimum Gasteiger partial charge on any atom is -0.496 e. The first-order valence-electron chi connectivity index (χ1n) is 11.7. The molecule has 32 heavy (non-hydrogen) atoms. The number of ether oxygens (including phenoxy) is 1. The van der Waals surface area contributed by atoms with Crippen LogP contribution in [0.1, 0.15) is 53.3 Å². The van der Waals surface area contributed by atoms with Gasteiger partial charge in [-0.2, -0.15) is 0 Å². The second-order valence-corrected chi connectivity index (χ2v) is 8.94. The van der Waals surface area contributed by atoms with Gasteiger partial charge in [-0.05, 0) is 37.1 Å². The number of aliphatic hydroxyl groups excluding tert-OH is 1. The van der Waals surface area contributed by atoms with Gasteiger partial charge in [-0.15, -0.1) is 0 Å². The molecule has 1 fully saturated rings. The van der Waals surface area contributed by atoms with E-state index in [1.165, 1.54) is 5.56 Å². The Hall–Kier alpha value is -2.57. The van der Waals surface area contributed by atoms with Gasteiger partial charge in [0, 0.05) is 68.7 Å². The number of hydrogen-bond acceptors (Lipinski definition) is 5. The van der Waals surface area contributed by atoms with Crippen LogP contribution in [0.15, 0.2) is 42.5 Å². The molecule has 0 saturated carbocycles. The van der Waals surface area contributed by atoms with Gasteiger partial charge in [0.05, 0.1) is 13.2 Å². The average Bonchev–Trinajstić information content (AvgIpc) is 2.89. The first-order valence-corrected chi connectivity index (χ1v) is 11.7. The number of piperazine rings is 1. The lowest BCUT2D eigenvalue weighted by Crippen LogP contribution is -2.48. The van der Waals surface area contributed by atoms with Crippen LogP contribution in [0.4, 0.5) is 5.69 Å². The van der Waals surface area contributed by atoms with Crippen molar-refractivity contribution >= 4 is 11.6 Å². The van der Waals surface area contributed by atoms with Crippen molar-refractivity contribution in [1.29, 1.82) is 0 Å². The topological polar surface area (TPSA) is 56.3 Å². The van der Waals surface area contributed by atoms with Gasteiger partial charge in [0.1, 0.15) is 5.75 Å². The van der Waals surface area contributed by atoms with Crippen molar-refractivity contribution in [2.45, 2.75) is 38.3 Å². The number of carbonyl (C=O) groups is 1. The number of methoxy groups -OCH3 is 1. The monoisotopic (exact) mass is 437 g/mol. The number of aliphatic hydroxyl groups is 1. The Balaban J connectivity index is 1.42. The Morgan fingerprint density at radius 2 is 1.81 bits per heavy atom. The zero-order valence-electron chi connectivity index (χ0n) is 19.3. The average molecular weight is 438 g/mol. The van der Waals surface area contributed by atoms with Crippen molar-refractivity contribution in [2.75, 3.05) is 51.8 Å². The number of carbonyl (C=O) groups excluding carboxylic acids is 1. The first-order chi connectivity index (χ1) is 15.6. The molecule has 0 aromatic heterocycles. The Kier molecular flexibility index (Phi) is 7.33. The van der Waals surface area contributed by atoms with E-state index in [1.807, 2.05) is 41.3 Å². The fraction of sp³-hybridized carbons (Fsp3) is 0.500. The number of benzene rings is 2. The minimum absolute atomic E-state index is 0.0551. The molecular formula is C26H35N3O3. The molecule has 6 nitrogen and oxygen atoms in total. The van der Waals surface area contributed by atoms with Crippen molar-refractivity contribution in [2.24, 2.45) is 0 Å². The third kappa shape index (κ3) is 5.08. The summed E-state index contributed by atoms with van der Waals surface area (Å²) in [5.41, 5.74) is 3.77. The normalized spacial score (nSPS) is 20.2. The van der Waals surface area contributed by atoms with E-state index < -0.39 is 6.10 Å². The van der Waals surface area contributed by atoms with E-state index >= 15 is 0 Å². The maximum absolute atomic E-state index is 13.3. The van der Waals surface area contributed by atoms with Gasteiger partial charge in [-0.25, -0.2) is 0 Å². The SMILES string of the molecule is COc1ccccc1CN1CCN(C(=O)c2ccc3c(c2)C(O)CCCCCN3C)CC1. The van der Waals surface area contributed by atoms with Gasteiger partial charge in [0.15, 0.2) is 0 Å². The molecule has 1 saturated heterocycles. The third-order valence-corrected chi connectivity index (χ3v) is 6.76. The highest BCUT2D eigenvalue weighted by molar-refractivity contribution is 5.95. The fourth-order valence-corrected chi connectivity index (χ4v) is 4.81. The van der Waals surface area contributed by atoms with E-state index in [1.54, 1.807) is 7.11 Å². The van der Waals surface area contributed by atoms with Crippen LogP contribution in [0.3, 0.4) is 0 Å². The molecule has 2 aromatic rings. The lowest BCUT2D eigenvalue weighted by atomic mass is 9.99. The van der Waals surface area contributed by atoms with Gasteiger partial charge < -0.3 is 19.6 Å². The Bertz CT molecular complexity index is 924. The number of para-hydroxylation sites is 1. The number of amides is 1. The van der Waals surface area contributed by atoms with Crippen molar-refractivity contribution < 1.29 is 14.6 Å². The Labute approximate surface area is 191 Å². The van der Waals surface area contributed by atoms with Crippen LogP contribution in [-0.2, 0) is 6.54 Å². The van der Waals surface area contributed by atoms with E-state index in [4.69, 9.17) is 4.74 Å². The van der Waals surface area contributed by atoms with Crippen LogP contribution in [0, 0.1) is 0 Å². The molecule has 2 heterocycles. The maximum Gasteiger partial charge on any atom is 0.253 e. The molecular weight excluding hydrogens is 402 g/mol. The van der Waals surface area contributed by atoms with Gasteiger partial charge in [0.2, 0.25) is 0 Å². The molecule has 1 amide bonds. The standard InChI is InChI=1S/C26H35N3O3/c1-27-13-7-3-4-9-24(30)22-18-20(11-12-23(22)27)26(31)29-16-14-28(15-17-29)19-21-8-5-6-10-25(21)32-2/h5-6,8,10-12,18,24,30H,3-4,7,9,13-17,19H2,1-2H3. The third-order valence-electron chi connectivity index (χ3n) is 6.76. The summed E-state index contributed by atoms with van der Waals surface area (Å²) in [6.45, 7) is 4.87. The van der Waals surface area contributed by atoms with Crippen LogP contribution in [-0.4, -0.2) is 67.7 Å². The number of hydrogen-bond donors (Lipinski definition) is 1. The summed E-state index contributed by atoms with van der Waals surface area (Å²) in [6, 6.07) is 14.0. The molecule has 1 N–H and O–H groups in total. The van der Waals surface area contributed by atoms with Gasteiger partial charge in [0.25, 0.3) is 5.91 Å². The highest BCUT2D eigenvalue weighted by Crippen LogP contribution is 2.32. The van der Waals surface area contributed by atoms with Crippen molar-refractivity contribution in [1.82, 2.24) is 9.80 Å². The summed E-state index contributed by atoms with van der Waals surface area (Å²) >= 11 is 0. The number of rotatable bonds is 4. The smallest absolute Gasteiger partial charge is 0.253 e. The predicted octanol–water partition coefficient (Wildman–Crippen LogP) is 3.70. The summed E-state index contributed by atoms with van der Waals surface area (Å²) in [6.07, 6.45) is 3.50. The van der Waals surface area contributed by atoms with Crippen LogP contribution in [0.25, 0.3) is 0 Å². The zero-order valence-corrected chi connectivity index (χ0v) is 19.3. The Morgan fingerprint density at radius 1 is 1.03 bits per heavy atom. The summed E-state index contributed by atoms with van der Waals surface area (Å²) in [4.78, 5) is 19.8. The van der Waals surface area contributed by atoms with Crippen LogP contribution in [0.5, 0.6) is 5.75 Å². The summed E-state index contributed by atoms with van der Waals surface area (Å²) < 4.78 is 5.48. The van der Waals surface area contributed by atoms with E-state index in [-0.39, 0.29) is 5.91 Å². The number of anilines is 1. The summed E-state index contributed by atoms with van der Waals surface area (Å²) in [7, 11) is 3.77. The lowest BCUT2D eigenvalue weighted by Gasteiger charge is -2.35. The molecule has 1 unspecified atom stereocenters. The minimum atomic E-state index is -0.518. The van der Waals surface area contributed by atoms with Gasteiger partial charge in [-0.3, -0.25) is 9.69 Å². The molecule has 2 aromatic carbocycles. The molecule has 2 aliphatic heterocycles.